The maximum Gasteiger partial charge on any atom is 0.0945 e. The summed E-state index contributed by atoms with van der Waals surface area (Å²) in [7, 11) is 1.10. The Labute approximate surface area is 135 Å². The zero-order valence-electron chi connectivity index (χ0n) is 13.7. The third-order valence-corrected chi connectivity index (χ3v) is 9.45. The number of hydrogen-bond donors (Lipinski definition) is 0. The van der Waals surface area contributed by atoms with E-state index in [1.54, 1.807) is 12.0 Å². The lowest BCUT2D eigenvalue weighted by Crippen LogP contribution is -2.25. The standard InChI is InChI=1S/C19H26O2S/c1-3-22(14-6-7-15-22)19-11-10-18(21-13-12-20-2)16-8-4-5-9-17(16)19/h5,9,11,18H,3,6-7,10,12-15H2,1-2H3/t18-/m0/s1. The molecule has 0 radical (unpaired) electrons. The lowest BCUT2D eigenvalue weighted by Gasteiger charge is -2.42. The largest absolute Gasteiger partial charge is 0.382 e. The van der Waals surface area contributed by atoms with E-state index < -0.39 is 10.0 Å². The van der Waals surface area contributed by atoms with Crippen LogP contribution >= 0.6 is 10.0 Å². The van der Waals surface area contributed by atoms with Crippen LogP contribution in [0.2, 0.25) is 0 Å². The molecule has 0 N–H and O–H groups in total. The van der Waals surface area contributed by atoms with E-state index >= 15 is 0 Å². The van der Waals surface area contributed by atoms with E-state index in [2.05, 4.69) is 30.5 Å². The van der Waals surface area contributed by atoms with Crippen molar-refractivity contribution in [3.63, 3.8) is 0 Å². The van der Waals surface area contributed by atoms with Crippen LogP contribution in [0.5, 0.6) is 0 Å². The zero-order chi connectivity index (χ0) is 15.4. The quantitative estimate of drug-likeness (QED) is 0.542. The number of fused-ring (bicyclic) bond motifs is 1. The Hall–Kier alpha value is -0.950. The Kier molecular flexibility index (Phi) is 5.13. The molecule has 3 heteroatoms. The highest BCUT2D eigenvalue weighted by Gasteiger charge is 2.37. The minimum absolute atomic E-state index is 0.112. The summed E-state index contributed by atoms with van der Waals surface area (Å²) in [4.78, 5) is 1.62. The first-order valence-electron chi connectivity index (χ1n) is 8.30. The van der Waals surface area contributed by atoms with Gasteiger partial charge in [-0.25, -0.2) is 10.0 Å². The average molecular weight is 318 g/mol. The van der Waals surface area contributed by atoms with Crippen LogP contribution in [0.3, 0.4) is 0 Å². The Balaban J connectivity index is 1.88. The normalized spacial score (nSPS) is 27.0. The molecular weight excluding hydrogens is 292 g/mol. The minimum atomic E-state index is -0.616. The van der Waals surface area contributed by atoms with Crippen LogP contribution in [-0.4, -0.2) is 43.7 Å². The predicted molar refractivity (Wildman–Crippen MR) is 94.6 cm³/mol. The third kappa shape index (κ3) is 2.93. The van der Waals surface area contributed by atoms with Gasteiger partial charge in [0, 0.05) is 18.3 Å². The van der Waals surface area contributed by atoms with Gasteiger partial charge < -0.3 is 9.47 Å². The molecule has 1 atom stereocenters. The van der Waals surface area contributed by atoms with Crippen LogP contribution in [-0.2, 0) is 9.47 Å². The molecule has 0 bridgehead atoms. The van der Waals surface area contributed by atoms with Crippen LogP contribution < -0.4 is 0 Å². The van der Waals surface area contributed by atoms with Crippen molar-refractivity contribution in [1.82, 2.24) is 0 Å². The molecule has 1 fully saturated rings. The van der Waals surface area contributed by atoms with Gasteiger partial charge in [0.1, 0.15) is 0 Å². The molecule has 1 heterocycles. The first kappa shape index (κ1) is 15.9. The molecule has 0 spiro atoms. The van der Waals surface area contributed by atoms with E-state index in [1.807, 2.05) is 6.08 Å². The van der Waals surface area contributed by atoms with Gasteiger partial charge in [-0.3, -0.25) is 0 Å². The lowest BCUT2D eigenvalue weighted by molar-refractivity contribution is 0.0361. The van der Waals surface area contributed by atoms with Crippen LogP contribution in [0.4, 0.5) is 0 Å². The molecule has 0 amide bonds. The topological polar surface area (TPSA) is 18.5 Å². The molecule has 3 rings (SSSR count). The molecule has 120 valence electrons. The summed E-state index contributed by atoms with van der Waals surface area (Å²) < 4.78 is 11.1. The number of hydrogen-bond acceptors (Lipinski definition) is 2. The van der Waals surface area contributed by atoms with Gasteiger partial charge in [0.2, 0.25) is 0 Å². The fourth-order valence-electron chi connectivity index (χ4n) is 3.67. The summed E-state index contributed by atoms with van der Waals surface area (Å²) >= 11 is 0. The van der Waals surface area contributed by atoms with Gasteiger partial charge in [-0.1, -0.05) is 24.5 Å². The molecule has 22 heavy (non-hydrogen) atoms. The fraction of sp³-hybridized carbons (Fsp3) is 0.579. The molecule has 0 aromatic heterocycles. The minimum Gasteiger partial charge on any atom is -0.382 e. The molecule has 0 aromatic carbocycles. The highest BCUT2D eigenvalue weighted by molar-refractivity contribution is 8.37. The maximum atomic E-state index is 6.02. The molecule has 3 aliphatic rings. The van der Waals surface area contributed by atoms with Crippen molar-refractivity contribution in [2.24, 2.45) is 0 Å². The third-order valence-electron chi connectivity index (χ3n) is 4.88. The highest BCUT2D eigenvalue weighted by Crippen LogP contribution is 2.64. The molecule has 0 aromatic rings. The maximum absolute atomic E-state index is 6.02. The molecule has 2 nitrogen and oxygen atoms in total. The first-order valence-corrected chi connectivity index (χ1v) is 10.4. The number of rotatable bonds is 6. The van der Waals surface area contributed by atoms with Gasteiger partial charge in [-0.2, -0.15) is 0 Å². The number of ether oxygens (including phenoxy) is 2. The summed E-state index contributed by atoms with van der Waals surface area (Å²) in [6.07, 6.45) is 10.6. The summed E-state index contributed by atoms with van der Waals surface area (Å²) in [6.45, 7) is 3.66. The first-order chi connectivity index (χ1) is 10.8. The predicted octanol–water partition coefficient (Wildman–Crippen LogP) is 4.10. The van der Waals surface area contributed by atoms with Gasteiger partial charge >= 0.3 is 0 Å². The van der Waals surface area contributed by atoms with Crippen molar-refractivity contribution in [2.75, 3.05) is 37.6 Å². The molecule has 1 saturated heterocycles. The van der Waals surface area contributed by atoms with E-state index in [-0.39, 0.29) is 6.10 Å². The van der Waals surface area contributed by atoms with Crippen LogP contribution in [0.15, 0.2) is 45.7 Å². The van der Waals surface area contributed by atoms with Crippen LogP contribution in [0.1, 0.15) is 26.2 Å². The Morgan fingerprint density at radius 3 is 2.82 bits per heavy atom. The SMILES string of the molecule is CCS1(C2=CC[C@H](OCCOC)C3=C=C=CC=C32)CCCC1. The molecule has 1 aliphatic heterocycles. The number of allylic oxidation sites excluding steroid dienone is 3. The second-order valence-electron chi connectivity index (χ2n) is 6.04. The van der Waals surface area contributed by atoms with Crippen LogP contribution in [0, 0.1) is 0 Å². The van der Waals surface area contributed by atoms with Crippen molar-refractivity contribution >= 4 is 10.0 Å². The van der Waals surface area contributed by atoms with E-state index in [4.69, 9.17) is 9.47 Å². The molecule has 0 saturated carbocycles. The molecule has 0 unspecified atom stereocenters. The van der Waals surface area contributed by atoms with E-state index in [9.17, 15) is 0 Å². The highest BCUT2D eigenvalue weighted by atomic mass is 32.3. The van der Waals surface area contributed by atoms with E-state index in [0.29, 0.717) is 13.2 Å². The second-order valence-corrected chi connectivity index (χ2v) is 9.96. The fourth-order valence-corrected chi connectivity index (χ4v) is 7.81. The van der Waals surface area contributed by atoms with Gasteiger partial charge in [0.05, 0.1) is 19.3 Å². The molecular formula is C19H26O2S. The van der Waals surface area contributed by atoms with Crippen molar-refractivity contribution in [3.05, 3.63) is 45.7 Å². The summed E-state index contributed by atoms with van der Waals surface area (Å²) in [5.41, 5.74) is 9.06. The van der Waals surface area contributed by atoms with Crippen molar-refractivity contribution in [2.45, 2.75) is 32.3 Å². The summed E-state index contributed by atoms with van der Waals surface area (Å²) in [5, 5.41) is 0. The Bertz CT molecular complexity index is 581. The smallest absolute Gasteiger partial charge is 0.0945 e. The van der Waals surface area contributed by atoms with Gasteiger partial charge in [-0.05, 0) is 53.6 Å². The van der Waals surface area contributed by atoms with E-state index in [1.165, 1.54) is 41.2 Å². The van der Waals surface area contributed by atoms with Gasteiger partial charge in [-0.15, -0.1) is 0 Å². The zero-order valence-corrected chi connectivity index (χ0v) is 14.5. The molecule has 2 aliphatic carbocycles. The second kappa shape index (κ2) is 7.08. The van der Waals surface area contributed by atoms with Gasteiger partial charge in [0.25, 0.3) is 0 Å². The lowest BCUT2D eigenvalue weighted by atomic mass is 9.91. The van der Waals surface area contributed by atoms with E-state index in [0.717, 1.165) is 6.42 Å². The summed E-state index contributed by atoms with van der Waals surface area (Å²) in [6, 6.07) is 0. The van der Waals surface area contributed by atoms with Crippen LogP contribution in [0.25, 0.3) is 0 Å². The number of methoxy groups -OCH3 is 1. The van der Waals surface area contributed by atoms with Crippen molar-refractivity contribution in [1.29, 1.82) is 0 Å². The monoisotopic (exact) mass is 318 g/mol. The van der Waals surface area contributed by atoms with Crippen molar-refractivity contribution in [3.8, 4) is 0 Å². The summed E-state index contributed by atoms with van der Waals surface area (Å²) in [5.74, 6) is 4.12. The Morgan fingerprint density at radius 2 is 2.09 bits per heavy atom. The average Bonchev–Trinajstić information content (AvgIpc) is 3.05. The van der Waals surface area contributed by atoms with Crippen molar-refractivity contribution < 1.29 is 9.47 Å². The Morgan fingerprint density at radius 1 is 1.27 bits per heavy atom. The van der Waals surface area contributed by atoms with Gasteiger partial charge in [0.15, 0.2) is 0 Å².